The van der Waals surface area contributed by atoms with Gasteiger partial charge >= 0.3 is 0 Å². The molecule has 1 aromatic heterocycles. The molecular formula is C18H26N6O. The normalized spacial score (nSPS) is 15.1. The van der Waals surface area contributed by atoms with E-state index in [4.69, 9.17) is 0 Å². The third kappa shape index (κ3) is 4.57. The van der Waals surface area contributed by atoms with Crippen molar-refractivity contribution in [3.63, 3.8) is 0 Å². The van der Waals surface area contributed by atoms with E-state index >= 15 is 0 Å². The fraction of sp³-hybridized carbons (Fsp3) is 0.500. The van der Waals surface area contributed by atoms with Crippen LogP contribution in [-0.4, -0.2) is 47.1 Å². The van der Waals surface area contributed by atoms with Crippen molar-refractivity contribution in [2.45, 2.75) is 32.2 Å². The lowest BCUT2D eigenvalue weighted by molar-refractivity contribution is 0.0948. The zero-order valence-corrected chi connectivity index (χ0v) is 14.7. The van der Waals surface area contributed by atoms with Crippen LogP contribution in [0.25, 0.3) is 0 Å². The minimum atomic E-state index is -0.141. The number of rotatable bonds is 7. The van der Waals surface area contributed by atoms with Crippen LogP contribution < -0.4 is 16.0 Å². The van der Waals surface area contributed by atoms with Crippen molar-refractivity contribution < 1.29 is 4.79 Å². The summed E-state index contributed by atoms with van der Waals surface area (Å²) in [6.45, 7) is 5.32. The molecule has 1 aliphatic rings. The van der Waals surface area contributed by atoms with E-state index in [1.807, 2.05) is 41.9 Å². The zero-order chi connectivity index (χ0) is 17.5. The molecular weight excluding hydrogens is 316 g/mol. The lowest BCUT2D eigenvalue weighted by Crippen LogP contribution is -2.30. The molecule has 7 heteroatoms. The van der Waals surface area contributed by atoms with Gasteiger partial charge in [0.15, 0.2) is 5.69 Å². The second kappa shape index (κ2) is 8.62. The van der Waals surface area contributed by atoms with Crippen LogP contribution in [0.2, 0.25) is 0 Å². The molecule has 7 nitrogen and oxygen atoms in total. The first-order valence-electron chi connectivity index (χ1n) is 8.95. The highest BCUT2D eigenvalue weighted by Gasteiger charge is 2.22. The molecule has 1 aromatic carbocycles. The minimum Gasteiger partial charge on any atom is -0.385 e. The summed E-state index contributed by atoms with van der Waals surface area (Å²) in [6, 6.07) is 10.4. The van der Waals surface area contributed by atoms with Crippen LogP contribution in [0.1, 0.15) is 41.5 Å². The van der Waals surface area contributed by atoms with E-state index in [1.54, 1.807) is 0 Å². The maximum atomic E-state index is 12.3. The molecule has 0 aliphatic carbocycles. The number of para-hydroxylation sites is 1. The third-order valence-electron chi connectivity index (χ3n) is 4.54. The number of carbonyl (C=O) groups excluding carboxylic acids is 1. The summed E-state index contributed by atoms with van der Waals surface area (Å²) in [5.41, 5.74) is 2.39. The maximum absolute atomic E-state index is 12.3. The lowest BCUT2D eigenvalue weighted by atomic mass is 10.1. The average molecular weight is 342 g/mol. The van der Waals surface area contributed by atoms with Crippen LogP contribution >= 0.6 is 0 Å². The van der Waals surface area contributed by atoms with Gasteiger partial charge in [-0.05, 0) is 51.4 Å². The topological polar surface area (TPSA) is 83.9 Å². The van der Waals surface area contributed by atoms with E-state index in [9.17, 15) is 4.79 Å². The van der Waals surface area contributed by atoms with E-state index in [2.05, 4.69) is 26.3 Å². The van der Waals surface area contributed by atoms with Crippen LogP contribution in [0.5, 0.6) is 0 Å². The number of piperidine rings is 1. The van der Waals surface area contributed by atoms with Gasteiger partial charge in [-0.3, -0.25) is 4.79 Å². The highest BCUT2D eigenvalue weighted by molar-refractivity contribution is 5.93. The summed E-state index contributed by atoms with van der Waals surface area (Å²) in [7, 11) is 0. The smallest absolute Gasteiger partial charge is 0.273 e. The monoisotopic (exact) mass is 342 g/mol. The highest BCUT2D eigenvalue weighted by Crippen LogP contribution is 2.20. The average Bonchev–Trinajstić information content (AvgIpc) is 3.04. The molecule has 25 heavy (non-hydrogen) atoms. The Morgan fingerprint density at radius 1 is 1.24 bits per heavy atom. The largest absolute Gasteiger partial charge is 0.385 e. The SMILES string of the molecule is Cc1c(C(=O)NCCCNc2ccccc2)nnn1C1CCNCC1. The number of hydrogen-bond acceptors (Lipinski definition) is 5. The number of nitrogens with one attached hydrogen (secondary N) is 3. The molecule has 0 unspecified atom stereocenters. The van der Waals surface area contributed by atoms with Gasteiger partial charge in [-0.25, -0.2) is 4.68 Å². The van der Waals surface area contributed by atoms with Crippen molar-refractivity contribution in [3.05, 3.63) is 41.7 Å². The Morgan fingerprint density at radius 3 is 2.76 bits per heavy atom. The molecule has 0 bridgehead atoms. The van der Waals surface area contributed by atoms with Crippen molar-refractivity contribution in [2.24, 2.45) is 0 Å². The van der Waals surface area contributed by atoms with E-state index in [-0.39, 0.29) is 5.91 Å². The Labute approximate surface area is 148 Å². The molecule has 1 aliphatic heterocycles. The third-order valence-corrected chi connectivity index (χ3v) is 4.54. The summed E-state index contributed by atoms with van der Waals surface area (Å²) < 4.78 is 1.91. The van der Waals surface area contributed by atoms with Gasteiger partial charge in [-0.1, -0.05) is 23.4 Å². The summed E-state index contributed by atoms with van der Waals surface area (Å²) in [5.74, 6) is -0.141. The highest BCUT2D eigenvalue weighted by atomic mass is 16.2. The predicted octanol–water partition coefficient (Wildman–Crippen LogP) is 1.74. The van der Waals surface area contributed by atoms with Crippen LogP contribution in [-0.2, 0) is 0 Å². The van der Waals surface area contributed by atoms with Gasteiger partial charge in [-0.2, -0.15) is 0 Å². The number of nitrogens with zero attached hydrogens (tertiary/aromatic N) is 3. The van der Waals surface area contributed by atoms with Gasteiger partial charge in [0.25, 0.3) is 5.91 Å². The quantitative estimate of drug-likeness (QED) is 0.668. The molecule has 3 rings (SSSR count). The lowest BCUT2D eigenvalue weighted by Gasteiger charge is -2.23. The van der Waals surface area contributed by atoms with Crippen molar-refractivity contribution in [1.29, 1.82) is 0 Å². The predicted molar refractivity (Wildman–Crippen MR) is 97.8 cm³/mol. The second-order valence-corrected chi connectivity index (χ2v) is 6.35. The van der Waals surface area contributed by atoms with Gasteiger partial charge in [0.2, 0.25) is 0 Å². The van der Waals surface area contributed by atoms with E-state index in [1.165, 1.54) is 0 Å². The first-order chi connectivity index (χ1) is 12.3. The van der Waals surface area contributed by atoms with Crippen molar-refractivity contribution in [2.75, 3.05) is 31.5 Å². The van der Waals surface area contributed by atoms with Gasteiger partial charge in [-0.15, -0.1) is 5.10 Å². The Balaban J connectivity index is 1.44. The number of aromatic nitrogens is 3. The van der Waals surface area contributed by atoms with Gasteiger partial charge in [0.1, 0.15) is 0 Å². The molecule has 0 radical (unpaired) electrons. The summed E-state index contributed by atoms with van der Waals surface area (Å²) in [4.78, 5) is 12.3. The summed E-state index contributed by atoms with van der Waals surface area (Å²) >= 11 is 0. The van der Waals surface area contributed by atoms with E-state index in [0.29, 0.717) is 18.3 Å². The Bertz CT molecular complexity index is 678. The fourth-order valence-corrected chi connectivity index (χ4v) is 3.11. The molecule has 0 atom stereocenters. The molecule has 0 spiro atoms. The molecule has 1 saturated heterocycles. The standard InChI is InChI=1S/C18H26N6O/c1-14-17(22-23-24(14)16-8-12-19-13-9-16)18(25)21-11-5-10-20-15-6-3-2-4-7-15/h2-4,6-7,16,19-20H,5,8-13H2,1H3,(H,21,25). The number of carbonyl (C=O) groups is 1. The molecule has 2 aromatic rings. The molecule has 3 N–H and O–H groups in total. The van der Waals surface area contributed by atoms with E-state index in [0.717, 1.165) is 50.3 Å². The van der Waals surface area contributed by atoms with Gasteiger partial charge in [0.05, 0.1) is 11.7 Å². The molecule has 0 saturated carbocycles. The van der Waals surface area contributed by atoms with Crippen LogP contribution in [0, 0.1) is 6.92 Å². The fourth-order valence-electron chi connectivity index (χ4n) is 3.11. The van der Waals surface area contributed by atoms with Crippen molar-refractivity contribution in [3.8, 4) is 0 Å². The van der Waals surface area contributed by atoms with Crippen LogP contribution in [0.3, 0.4) is 0 Å². The second-order valence-electron chi connectivity index (χ2n) is 6.35. The van der Waals surface area contributed by atoms with Gasteiger partial charge in [0, 0.05) is 18.8 Å². The van der Waals surface area contributed by atoms with E-state index < -0.39 is 0 Å². The number of hydrogen-bond donors (Lipinski definition) is 3. The Kier molecular flexibility index (Phi) is 6.00. The number of amides is 1. The Hall–Kier alpha value is -2.41. The molecule has 134 valence electrons. The first-order valence-corrected chi connectivity index (χ1v) is 8.95. The number of benzene rings is 1. The molecule has 1 amide bonds. The minimum absolute atomic E-state index is 0.141. The number of anilines is 1. The maximum Gasteiger partial charge on any atom is 0.273 e. The van der Waals surface area contributed by atoms with Crippen molar-refractivity contribution >= 4 is 11.6 Å². The Morgan fingerprint density at radius 2 is 2.00 bits per heavy atom. The molecule has 1 fully saturated rings. The summed E-state index contributed by atoms with van der Waals surface area (Å²) in [6.07, 6.45) is 2.90. The summed E-state index contributed by atoms with van der Waals surface area (Å²) in [5, 5.41) is 17.9. The molecule has 2 heterocycles. The zero-order valence-electron chi connectivity index (χ0n) is 14.7. The van der Waals surface area contributed by atoms with Crippen LogP contribution in [0.15, 0.2) is 30.3 Å². The van der Waals surface area contributed by atoms with Crippen LogP contribution in [0.4, 0.5) is 5.69 Å². The first kappa shape index (κ1) is 17.4. The van der Waals surface area contributed by atoms with Gasteiger partial charge < -0.3 is 16.0 Å². The van der Waals surface area contributed by atoms with Crippen molar-refractivity contribution in [1.82, 2.24) is 25.6 Å².